The number of benzene rings is 3. The van der Waals surface area contributed by atoms with E-state index < -0.39 is 0 Å². The van der Waals surface area contributed by atoms with Gasteiger partial charge in [0.05, 0.1) is 5.56 Å². The third-order valence-corrected chi connectivity index (χ3v) is 5.93. The highest BCUT2D eigenvalue weighted by molar-refractivity contribution is 6.09. The summed E-state index contributed by atoms with van der Waals surface area (Å²) in [5, 5.41) is 2.66. The molecule has 138 valence electrons. The van der Waals surface area contributed by atoms with Crippen LogP contribution in [0.15, 0.2) is 78.9 Å². The summed E-state index contributed by atoms with van der Waals surface area (Å²) < 4.78 is 5.94. The highest BCUT2D eigenvalue weighted by atomic mass is 16.5. The number of carbonyl (C=O) groups is 1. The molecule has 0 aliphatic heterocycles. The lowest BCUT2D eigenvalue weighted by molar-refractivity contribution is 0.103. The zero-order valence-electron chi connectivity index (χ0n) is 16.0. The van der Waals surface area contributed by atoms with Crippen LogP contribution in [0.25, 0.3) is 10.8 Å². The average Bonchev–Trinajstić information content (AvgIpc) is 2.70. The van der Waals surface area contributed by atoms with Crippen molar-refractivity contribution < 1.29 is 9.53 Å². The summed E-state index contributed by atoms with van der Waals surface area (Å²) in [7, 11) is 0. The Bertz CT molecular complexity index is 1130. The fraction of sp³-hybridized carbons (Fsp3) is 0.192. The Balaban J connectivity index is 1.67. The van der Waals surface area contributed by atoms with Crippen LogP contribution in [0.1, 0.15) is 34.0 Å². The van der Waals surface area contributed by atoms with Crippen molar-refractivity contribution in [1.29, 1.82) is 0 Å². The molecule has 0 fully saturated rings. The minimum absolute atomic E-state index is 0.0232. The molecule has 5 rings (SSSR count). The summed E-state index contributed by atoms with van der Waals surface area (Å²) in [5.74, 6) is 0.682. The second-order valence-corrected chi connectivity index (χ2v) is 8.06. The lowest BCUT2D eigenvalue weighted by Crippen LogP contribution is -2.36. The Labute approximate surface area is 165 Å². The minimum atomic E-state index is -0.214. The van der Waals surface area contributed by atoms with E-state index in [4.69, 9.17) is 4.74 Å². The van der Waals surface area contributed by atoms with Crippen molar-refractivity contribution in [2.45, 2.75) is 25.2 Å². The Kier molecular flexibility index (Phi) is 3.77. The van der Waals surface area contributed by atoms with Crippen molar-refractivity contribution in [2.75, 3.05) is 6.61 Å². The molecule has 0 heterocycles. The number of ether oxygens (including phenoxy) is 1. The van der Waals surface area contributed by atoms with Crippen LogP contribution in [0.3, 0.4) is 0 Å². The molecule has 0 unspecified atom stereocenters. The van der Waals surface area contributed by atoms with Crippen LogP contribution < -0.4 is 4.74 Å². The zero-order valence-corrected chi connectivity index (χ0v) is 16.0. The van der Waals surface area contributed by atoms with Gasteiger partial charge in [-0.1, -0.05) is 61.2 Å². The smallest absolute Gasteiger partial charge is 0.189 e. The number of carbonyl (C=O) groups excluding carboxylic acids is 1. The third-order valence-electron chi connectivity index (χ3n) is 5.93. The Hall–Kier alpha value is -3.13. The van der Waals surface area contributed by atoms with Crippen molar-refractivity contribution in [2.24, 2.45) is 0 Å². The predicted molar refractivity (Wildman–Crippen MR) is 113 cm³/mol. The van der Waals surface area contributed by atoms with E-state index in [-0.39, 0.29) is 11.2 Å². The Morgan fingerprint density at radius 3 is 2.39 bits per heavy atom. The first-order valence-corrected chi connectivity index (χ1v) is 9.71. The number of rotatable bonds is 3. The number of allylic oxidation sites excluding steroid dienone is 2. The van der Waals surface area contributed by atoms with Crippen molar-refractivity contribution in [3.63, 3.8) is 0 Å². The van der Waals surface area contributed by atoms with Gasteiger partial charge in [-0.2, -0.15) is 0 Å². The lowest BCUT2D eigenvalue weighted by Gasteiger charge is -2.39. The van der Waals surface area contributed by atoms with Gasteiger partial charge < -0.3 is 4.74 Å². The Morgan fingerprint density at radius 2 is 1.71 bits per heavy atom. The maximum Gasteiger partial charge on any atom is 0.189 e. The van der Waals surface area contributed by atoms with Crippen LogP contribution >= 0.6 is 0 Å². The Morgan fingerprint density at radius 1 is 1.04 bits per heavy atom. The molecule has 0 aromatic heterocycles. The van der Waals surface area contributed by atoms with Crippen LogP contribution in [-0.4, -0.2) is 12.4 Å². The van der Waals surface area contributed by atoms with E-state index in [2.05, 4.69) is 55.1 Å². The molecule has 2 aliphatic carbocycles. The molecule has 2 aliphatic rings. The van der Waals surface area contributed by atoms with E-state index >= 15 is 0 Å². The molecule has 0 atom stereocenters. The van der Waals surface area contributed by atoms with Gasteiger partial charge in [-0.3, -0.25) is 4.79 Å². The van der Waals surface area contributed by atoms with Gasteiger partial charge >= 0.3 is 0 Å². The second-order valence-electron chi connectivity index (χ2n) is 8.06. The van der Waals surface area contributed by atoms with Crippen LogP contribution in [0.4, 0.5) is 0 Å². The molecule has 0 amide bonds. The summed E-state index contributed by atoms with van der Waals surface area (Å²) in [6.45, 7) is 6.25. The summed E-state index contributed by atoms with van der Waals surface area (Å²) in [5.41, 5.74) is 5.19. The lowest BCUT2D eigenvalue weighted by atomic mass is 9.63. The fourth-order valence-corrected chi connectivity index (χ4v) is 4.78. The molecule has 2 nitrogen and oxygen atoms in total. The summed E-state index contributed by atoms with van der Waals surface area (Å²) in [4.78, 5) is 12.8. The van der Waals surface area contributed by atoms with E-state index in [0.29, 0.717) is 17.9 Å². The van der Waals surface area contributed by atoms with Crippen LogP contribution in [0.2, 0.25) is 0 Å². The normalized spacial score (nSPS) is 16.2. The SMILES string of the molecule is C=C(C)COc1cccc2c1C(=O)C=CC21Cc2cccc3cccc(c23)C1. The first-order chi connectivity index (χ1) is 13.6. The molecule has 1 spiro atoms. The van der Waals surface area contributed by atoms with Crippen LogP contribution in [-0.2, 0) is 18.3 Å². The molecule has 28 heavy (non-hydrogen) atoms. The van der Waals surface area contributed by atoms with Gasteiger partial charge in [0.15, 0.2) is 5.78 Å². The maximum atomic E-state index is 12.8. The van der Waals surface area contributed by atoms with Gasteiger partial charge in [0.2, 0.25) is 0 Å². The van der Waals surface area contributed by atoms with Gasteiger partial charge in [0.1, 0.15) is 12.4 Å². The first kappa shape index (κ1) is 17.0. The number of hydrogen-bond acceptors (Lipinski definition) is 2. The molecule has 0 bridgehead atoms. The molecule has 0 N–H and O–H groups in total. The first-order valence-electron chi connectivity index (χ1n) is 9.71. The summed E-state index contributed by atoms with van der Waals surface area (Å²) in [6.07, 6.45) is 5.64. The predicted octanol–water partition coefficient (Wildman–Crippen LogP) is 5.58. The highest BCUT2D eigenvalue weighted by Crippen LogP contribution is 2.46. The summed E-state index contributed by atoms with van der Waals surface area (Å²) >= 11 is 0. The molecular formula is C26H22O2. The molecule has 0 saturated heterocycles. The van der Waals surface area contributed by atoms with Crippen molar-refractivity contribution >= 4 is 16.6 Å². The molecule has 3 aromatic carbocycles. The number of hydrogen-bond donors (Lipinski definition) is 0. The quantitative estimate of drug-likeness (QED) is 0.565. The molecule has 0 saturated carbocycles. The van der Waals surface area contributed by atoms with Crippen LogP contribution in [0.5, 0.6) is 5.75 Å². The van der Waals surface area contributed by atoms with Gasteiger partial charge in [0.25, 0.3) is 0 Å². The monoisotopic (exact) mass is 366 g/mol. The van der Waals surface area contributed by atoms with Crippen LogP contribution in [0, 0.1) is 0 Å². The van der Waals surface area contributed by atoms with Crippen molar-refractivity contribution in [3.8, 4) is 5.75 Å². The topological polar surface area (TPSA) is 26.3 Å². The molecular weight excluding hydrogens is 344 g/mol. The molecule has 0 radical (unpaired) electrons. The van der Waals surface area contributed by atoms with E-state index in [1.165, 1.54) is 21.9 Å². The standard InChI is InChI=1S/C26H22O2/c1-17(2)16-28-23-11-5-10-21-25(23)22(27)12-13-26(21)14-19-8-3-6-18-7-4-9-20(15-26)24(18)19/h3-13H,1,14-16H2,2H3. The minimum Gasteiger partial charge on any atom is -0.488 e. The molecule has 3 aromatic rings. The van der Waals surface area contributed by atoms with Gasteiger partial charge in [0, 0.05) is 5.41 Å². The maximum absolute atomic E-state index is 12.8. The zero-order chi connectivity index (χ0) is 19.3. The highest BCUT2D eigenvalue weighted by Gasteiger charge is 2.40. The second kappa shape index (κ2) is 6.20. The van der Waals surface area contributed by atoms with Gasteiger partial charge in [-0.15, -0.1) is 0 Å². The van der Waals surface area contributed by atoms with E-state index in [9.17, 15) is 4.79 Å². The van der Waals surface area contributed by atoms with Crippen molar-refractivity contribution in [1.82, 2.24) is 0 Å². The van der Waals surface area contributed by atoms with Gasteiger partial charge in [-0.25, -0.2) is 0 Å². The van der Waals surface area contributed by atoms with E-state index in [0.717, 1.165) is 24.0 Å². The average molecular weight is 366 g/mol. The third kappa shape index (κ3) is 2.52. The van der Waals surface area contributed by atoms with Crippen molar-refractivity contribution in [3.05, 3.63) is 101 Å². The van der Waals surface area contributed by atoms with Gasteiger partial charge in [-0.05, 0) is 64.9 Å². The van der Waals surface area contributed by atoms with E-state index in [1.54, 1.807) is 6.08 Å². The summed E-state index contributed by atoms with van der Waals surface area (Å²) in [6, 6.07) is 19.0. The number of ketones is 1. The molecule has 2 heteroatoms. The number of fused-ring (bicyclic) bond motifs is 2. The fourth-order valence-electron chi connectivity index (χ4n) is 4.78. The largest absolute Gasteiger partial charge is 0.488 e. The van der Waals surface area contributed by atoms with E-state index in [1.807, 2.05) is 19.1 Å².